The van der Waals surface area contributed by atoms with Gasteiger partial charge in [0.05, 0.1) is 11.3 Å². The number of nitrogens with one attached hydrogen (secondary N) is 1. The van der Waals surface area contributed by atoms with E-state index in [9.17, 15) is 14.3 Å². The third-order valence-corrected chi connectivity index (χ3v) is 4.62. The van der Waals surface area contributed by atoms with Gasteiger partial charge in [0.1, 0.15) is 11.4 Å². The summed E-state index contributed by atoms with van der Waals surface area (Å²) in [5.74, 6) is 0.0726. The number of alkyl halides is 1. The largest absolute Gasteiger partial charge is 0.465 e. The van der Waals surface area contributed by atoms with Crippen molar-refractivity contribution >= 4 is 17.7 Å². The highest BCUT2D eigenvalue weighted by molar-refractivity contribution is 6.17. The Kier molecular flexibility index (Phi) is 5.19. The maximum Gasteiger partial charge on any atom is 0.405 e. The SMILES string of the molecule is [CH2]C(NC(=O)O)(c1ccccc1F)c1c(C)noc1-c1ccc(CCl)cc1. The van der Waals surface area contributed by atoms with Gasteiger partial charge in [-0.1, -0.05) is 47.6 Å². The fourth-order valence-corrected chi connectivity index (χ4v) is 3.25. The van der Waals surface area contributed by atoms with E-state index >= 15 is 0 Å². The summed E-state index contributed by atoms with van der Waals surface area (Å²) in [6.07, 6.45) is -1.35. The van der Waals surface area contributed by atoms with Crippen molar-refractivity contribution in [2.45, 2.75) is 18.3 Å². The lowest BCUT2D eigenvalue weighted by atomic mass is 9.82. The number of hydrogen-bond donors (Lipinski definition) is 2. The molecule has 1 atom stereocenters. The van der Waals surface area contributed by atoms with Crippen molar-refractivity contribution < 1.29 is 18.8 Å². The Morgan fingerprint density at radius 2 is 1.96 bits per heavy atom. The summed E-state index contributed by atoms with van der Waals surface area (Å²) in [6.45, 7) is 5.66. The Labute approximate surface area is 160 Å². The van der Waals surface area contributed by atoms with Crippen LogP contribution in [0.4, 0.5) is 9.18 Å². The summed E-state index contributed by atoms with van der Waals surface area (Å²) in [5.41, 5.74) is 0.721. The molecule has 3 aromatic rings. The second kappa shape index (κ2) is 7.40. The van der Waals surface area contributed by atoms with Crippen molar-refractivity contribution in [2.24, 2.45) is 0 Å². The van der Waals surface area contributed by atoms with Crippen LogP contribution in [0.1, 0.15) is 22.4 Å². The van der Waals surface area contributed by atoms with Gasteiger partial charge in [-0.3, -0.25) is 0 Å². The highest BCUT2D eigenvalue weighted by Crippen LogP contribution is 2.39. The Hall–Kier alpha value is -2.86. The first kappa shape index (κ1) is 18.9. The van der Waals surface area contributed by atoms with E-state index in [1.807, 2.05) is 12.1 Å². The molecule has 0 saturated carbocycles. The molecule has 7 heteroatoms. The van der Waals surface area contributed by atoms with E-state index in [1.54, 1.807) is 25.1 Å². The van der Waals surface area contributed by atoms with Crippen molar-refractivity contribution in [3.05, 3.63) is 83.7 Å². The van der Waals surface area contributed by atoms with E-state index in [4.69, 9.17) is 16.1 Å². The van der Waals surface area contributed by atoms with Gasteiger partial charge < -0.3 is 14.9 Å². The van der Waals surface area contributed by atoms with Crippen molar-refractivity contribution in [1.82, 2.24) is 10.5 Å². The highest BCUT2D eigenvalue weighted by atomic mass is 35.5. The summed E-state index contributed by atoms with van der Waals surface area (Å²) in [4.78, 5) is 11.5. The molecule has 2 N–H and O–H groups in total. The fraction of sp³-hybridized carbons (Fsp3) is 0.150. The number of halogens is 2. The quantitative estimate of drug-likeness (QED) is 0.612. The molecule has 1 radical (unpaired) electrons. The van der Waals surface area contributed by atoms with E-state index in [0.717, 1.165) is 5.56 Å². The Morgan fingerprint density at radius 3 is 2.56 bits per heavy atom. The van der Waals surface area contributed by atoms with E-state index < -0.39 is 17.4 Å². The number of benzene rings is 2. The zero-order valence-corrected chi connectivity index (χ0v) is 15.3. The molecule has 2 aromatic carbocycles. The molecule has 0 fully saturated rings. The van der Waals surface area contributed by atoms with Crippen LogP contribution in [-0.2, 0) is 11.4 Å². The molecule has 0 spiro atoms. The summed E-state index contributed by atoms with van der Waals surface area (Å²) < 4.78 is 20.0. The van der Waals surface area contributed by atoms with E-state index in [-0.39, 0.29) is 5.56 Å². The highest BCUT2D eigenvalue weighted by Gasteiger charge is 2.39. The zero-order valence-electron chi connectivity index (χ0n) is 14.5. The third kappa shape index (κ3) is 3.53. The Bertz CT molecular complexity index is 972. The molecule has 0 aliphatic rings. The Balaban J connectivity index is 2.23. The zero-order chi connectivity index (χ0) is 19.6. The monoisotopic (exact) mass is 387 g/mol. The molecule has 0 aliphatic heterocycles. The van der Waals surface area contributed by atoms with Gasteiger partial charge in [0, 0.05) is 17.0 Å². The number of rotatable bonds is 5. The lowest BCUT2D eigenvalue weighted by Gasteiger charge is -2.30. The van der Waals surface area contributed by atoms with Crippen LogP contribution < -0.4 is 5.32 Å². The number of carbonyl (C=O) groups is 1. The van der Waals surface area contributed by atoms with Crippen LogP contribution in [0, 0.1) is 19.7 Å². The van der Waals surface area contributed by atoms with Crippen LogP contribution in [0.15, 0.2) is 53.1 Å². The molecule has 139 valence electrons. The molecular weight excluding hydrogens is 371 g/mol. The summed E-state index contributed by atoms with van der Waals surface area (Å²) in [6, 6.07) is 13.1. The smallest absolute Gasteiger partial charge is 0.405 e. The lowest BCUT2D eigenvalue weighted by Crippen LogP contribution is -2.45. The number of aromatic nitrogens is 1. The van der Waals surface area contributed by atoms with Gasteiger partial charge in [-0.05, 0) is 25.5 Å². The molecule has 0 aliphatic carbocycles. The second-order valence-corrected chi connectivity index (χ2v) is 6.39. The topological polar surface area (TPSA) is 75.4 Å². The minimum absolute atomic E-state index is 0.0670. The number of hydrogen-bond acceptors (Lipinski definition) is 3. The van der Waals surface area contributed by atoms with Gasteiger partial charge in [-0.15, -0.1) is 11.6 Å². The summed E-state index contributed by atoms with van der Waals surface area (Å²) >= 11 is 5.83. The lowest BCUT2D eigenvalue weighted by molar-refractivity contribution is 0.186. The first-order chi connectivity index (χ1) is 12.9. The average Bonchev–Trinajstić information content (AvgIpc) is 3.03. The van der Waals surface area contributed by atoms with Crippen molar-refractivity contribution in [2.75, 3.05) is 0 Å². The van der Waals surface area contributed by atoms with Crippen LogP contribution >= 0.6 is 11.6 Å². The molecule has 5 nitrogen and oxygen atoms in total. The predicted molar refractivity (Wildman–Crippen MR) is 99.9 cm³/mol. The molecule has 27 heavy (non-hydrogen) atoms. The van der Waals surface area contributed by atoms with Gasteiger partial charge in [-0.25, -0.2) is 9.18 Å². The van der Waals surface area contributed by atoms with E-state index in [2.05, 4.69) is 17.4 Å². The maximum atomic E-state index is 14.6. The minimum atomic E-state index is -1.65. The van der Waals surface area contributed by atoms with Crippen molar-refractivity contribution in [3.8, 4) is 11.3 Å². The van der Waals surface area contributed by atoms with E-state index in [0.29, 0.717) is 28.5 Å². The molecule has 0 bridgehead atoms. The number of aryl methyl sites for hydroxylation is 1. The minimum Gasteiger partial charge on any atom is -0.465 e. The number of carboxylic acid groups (broad SMARTS) is 1. The molecule has 1 heterocycles. The van der Waals surface area contributed by atoms with Crippen LogP contribution in [0.3, 0.4) is 0 Å². The number of amides is 1. The molecule has 1 amide bonds. The summed E-state index contributed by atoms with van der Waals surface area (Å²) in [7, 11) is 0. The summed E-state index contributed by atoms with van der Waals surface area (Å²) in [5, 5.41) is 15.7. The average molecular weight is 388 g/mol. The van der Waals surface area contributed by atoms with Crippen molar-refractivity contribution in [3.63, 3.8) is 0 Å². The van der Waals surface area contributed by atoms with Crippen LogP contribution in [0.5, 0.6) is 0 Å². The Morgan fingerprint density at radius 1 is 1.30 bits per heavy atom. The van der Waals surface area contributed by atoms with Gasteiger partial charge >= 0.3 is 6.09 Å². The van der Waals surface area contributed by atoms with Crippen LogP contribution in [0.25, 0.3) is 11.3 Å². The third-order valence-electron chi connectivity index (χ3n) is 4.31. The van der Waals surface area contributed by atoms with Gasteiger partial charge in [0.15, 0.2) is 5.76 Å². The van der Waals surface area contributed by atoms with Crippen molar-refractivity contribution in [1.29, 1.82) is 0 Å². The van der Waals surface area contributed by atoms with Gasteiger partial charge in [0.2, 0.25) is 0 Å². The van der Waals surface area contributed by atoms with Crippen LogP contribution in [-0.4, -0.2) is 16.4 Å². The molecular formula is C20H17ClFN2O3. The normalized spacial score (nSPS) is 13.2. The maximum absolute atomic E-state index is 14.6. The fourth-order valence-electron chi connectivity index (χ4n) is 3.07. The first-order valence-corrected chi connectivity index (χ1v) is 8.63. The standard InChI is InChI=1S/C20H17ClFN2O3/c1-12-17(18(27-24-12)14-9-7-13(11-21)8-10-14)20(2,23-19(25)26)15-5-3-4-6-16(15)22/h3-10,23H,2,11H2,1H3,(H,25,26). The molecule has 3 rings (SSSR count). The number of nitrogens with zero attached hydrogens (tertiary/aromatic N) is 1. The first-order valence-electron chi connectivity index (χ1n) is 8.10. The van der Waals surface area contributed by atoms with Crippen LogP contribution in [0.2, 0.25) is 0 Å². The van der Waals surface area contributed by atoms with Gasteiger partial charge in [0.25, 0.3) is 0 Å². The molecule has 1 unspecified atom stereocenters. The molecule has 1 aromatic heterocycles. The molecule has 0 saturated heterocycles. The second-order valence-electron chi connectivity index (χ2n) is 6.12. The van der Waals surface area contributed by atoms with Gasteiger partial charge in [-0.2, -0.15) is 0 Å². The van der Waals surface area contributed by atoms with E-state index in [1.165, 1.54) is 18.2 Å². The predicted octanol–water partition coefficient (Wildman–Crippen LogP) is 4.87.